The van der Waals surface area contributed by atoms with Crippen molar-refractivity contribution in [3.63, 3.8) is 0 Å². The molecule has 0 saturated carbocycles. The Bertz CT molecular complexity index is 731. The second-order valence-electron chi connectivity index (χ2n) is 3.94. The Morgan fingerprint density at radius 1 is 0.765 bits per heavy atom. The molecular formula is C15H9BrO. The molecule has 3 aromatic carbocycles. The van der Waals surface area contributed by atoms with Crippen LogP contribution in [-0.2, 0) is 0 Å². The summed E-state index contributed by atoms with van der Waals surface area (Å²) in [5, 5.41) is 4.36. The Labute approximate surface area is 107 Å². The minimum atomic E-state index is 0.722. The van der Waals surface area contributed by atoms with Crippen LogP contribution < -0.4 is 0 Å². The Hall–Kier alpha value is -1.67. The minimum absolute atomic E-state index is 0.722. The molecule has 0 amide bonds. The lowest BCUT2D eigenvalue weighted by molar-refractivity contribution is 0.112. The molecule has 0 bridgehead atoms. The van der Waals surface area contributed by atoms with Gasteiger partial charge in [0.1, 0.15) is 0 Å². The van der Waals surface area contributed by atoms with E-state index in [1.54, 1.807) is 0 Å². The average Bonchev–Trinajstić information content (AvgIpc) is 2.40. The van der Waals surface area contributed by atoms with Crippen molar-refractivity contribution in [2.45, 2.75) is 0 Å². The molecule has 0 aromatic heterocycles. The van der Waals surface area contributed by atoms with Crippen LogP contribution in [-0.4, -0.2) is 6.29 Å². The molecule has 3 rings (SSSR count). The average molecular weight is 285 g/mol. The Kier molecular flexibility index (Phi) is 2.45. The van der Waals surface area contributed by atoms with Crippen molar-refractivity contribution in [1.82, 2.24) is 0 Å². The van der Waals surface area contributed by atoms with Gasteiger partial charge in [0.05, 0.1) is 0 Å². The predicted octanol–water partition coefficient (Wildman–Crippen LogP) is 4.57. The number of hydrogen-bond donors (Lipinski definition) is 0. The summed E-state index contributed by atoms with van der Waals surface area (Å²) >= 11 is 3.53. The summed E-state index contributed by atoms with van der Waals surface area (Å²) < 4.78 is 0.877. The summed E-state index contributed by atoms with van der Waals surface area (Å²) in [6.07, 6.45) is 0.916. The molecule has 0 saturated heterocycles. The zero-order valence-electron chi connectivity index (χ0n) is 8.98. The molecular weight excluding hydrogens is 276 g/mol. The van der Waals surface area contributed by atoms with Gasteiger partial charge in [-0.05, 0) is 37.5 Å². The Balaban J connectivity index is 2.68. The minimum Gasteiger partial charge on any atom is -0.298 e. The molecule has 0 unspecified atom stereocenters. The summed E-state index contributed by atoms with van der Waals surface area (Å²) in [4.78, 5) is 11.3. The lowest BCUT2D eigenvalue weighted by Crippen LogP contribution is -1.88. The second-order valence-corrected chi connectivity index (χ2v) is 4.73. The van der Waals surface area contributed by atoms with Crippen molar-refractivity contribution in [3.8, 4) is 0 Å². The van der Waals surface area contributed by atoms with Crippen molar-refractivity contribution in [2.75, 3.05) is 0 Å². The first-order chi connectivity index (χ1) is 8.33. The lowest BCUT2D eigenvalue weighted by atomic mass is 9.98. The van der Waals surface area contributed by atoms with Crippen LogP contribution in [0.25, 0.3) is 21.5 Å². The van der Waals surface area contributed by atoms with Gasteiger partial charge in [0.25, 0.3) is 0 Å². The highest BCUT2D eigenvalue weighted by Crippen LogP contribution is 2.35. The van der Waals surface area contributed by atoms with Gasteiger partial charge in [-0.2, -0.15) is 0 Å². The number of benzene rings is 3. The van der Waals surface area contributed by atoms with Crippen LogP contribution in [0.15, 0.2) is 53.0 Å². The third-order valence-corrected chi connectivity index (χ3v) is 3.88. The molecule has 17 heavy (non-hydrogen) atoms. The summed E-state index contributed by atoms with van der Waals surface area (Å²) in [5.41, 5.74) is 0.722. The van der Waals surface area contributed by atoms with E-state index >= 15 is 0 Å². The van der Waals surface area contributed by atoms with Crippen LogP contribution in [0.2, 0.25) is 0 Å². The maximum absolute atomic E-state index is 11.3. The fourth-order valence-corrected chi connectivity index (χ4v) is 2.89. The molecule has 0 heterocycles. The Morgan fingerprint density at radius 2 is 1.24 bits per heavy atom. The summed E-state index contributed by atoms with van der Waals surface area (Å²) in [6.45, 7) is 0. The first-order valence-electron chi connectivity index (χ1n) is 5.37. The maximum Gasteiger partial charge on any atom is 0.151 e. The zero-order chi connectivity index (χ0) is 11.8. The molecule has 0 aliphatic heterocycles. The quantitative estimate of drug-likeness (QED) is 0.473. The molecule has 1 nitrogen and oxygen atoms in total. The van der Waals surface area contributed by atoms with Gasteiger partial charge in [-0.25, -0.2) is 0 Å². The van der Waals surface area contributed by atoms with Crippen LogP contribution in [0.5, 0.6) is 0 Å². The van der Waals surface area contributed by atoms with E-state index in [1.165, 1.54) is 5.39 Å². The molecule has 0 N–H and O–H groups in total. The number of fused-ring (bicyclic) bond motifs is 3. The number of rotatable bonds is 1. The standard InChI is InChI=1S/C15H9BrO/c16-15-13-8-4-3-6-11(13)10-5-1-2-7-12(10)14(15)9-17/h1-9H. The molecule has 0 atom stereocenters. The molecule has 0 radical (unpaired) electrons. The van der Waals surface area contributed by atoms with Crippen molar-refractivity contribution < 1.29 is 4.79 Å². The normalized spacial score (nSPS) is 10.9. The lowest BCUT2D eigenvalue weighted by Gasteiger charge is -2.09. The topological polar surface area (TPSA) is 17.1 Å². The maximum atomic E-state index is 11.3. The van der Waals surface area contributed by atoms with Crippen molar-refractivity contribution in [1.29, 1.82) is 0 Å². The van der Waals surface area contributed by atoms with E-state index in [2.05, 4.69) is 28.1 Å². The number of halogens is 1. The van der Waals surface area contributed by atoms with Gasteiger partial charge < -0.3 is 0 Å². The summed E-state index contributed by atoms with van der Waals surface area (Å²) in [7, 11) is 0. The molecule has 0 spiro atoms. The van der Waals surface area contributed by atoms with E-state index in [0.29, 0.717) is 0 Å². The van der Waals surface area contributed by atoms with Gasteiger partial charge in [0.2, 0.25) is 0 Å². The highest BCUT2D eigenvalue weighted by Gasteiger charge is 2.10. The van der Waals surface area contributed by atoms with E-state index in [-0.39, 0.29) is 0 Å². The molecule has 0 aliphatic carbocycles. The highest BCUT2D eigenvalue weighted by molar-refractivity contribution is 9.10. The fourth-order valence-electron chi connectivity index (χ4n) is 2.24. The van der Waals surface area contributed by atoms with Crippen LogP contribution in [0.1, 0.15) is 10.4 Å². The van der Waals surface area contributed by atoms with Crippen LogP contribution in [0.3, 0.4) is 0 Å². The third-order valence-electron chi connectivity index (χ3n) is 3.03. The fraction of sp³-hybridized carbons (Fsp3) is 0. The van der Waals surface area contributed by atoms with E-state index in [0.717, 1.165) is 32.5 Å². The van der Waals surface area contributed by atoms with E-state index < -0.39 is 0 Å². The highest BCUT2D eigenvalue weighted by atomic mass is 79.9. The third kappa shape index (κ3) is 1.48. The molecule has 0 aliphatic rings. The van der Waals surface area contributed by atoms with Gasteiger partial charge >= 0.3 is 0 Å². The van der Waals surface area contributed by atoms with Gasteiger partial charge in [-0.1, -0.05) is 48.5 Å². The van der Waals surface area contributed by atoms with Crippen molar-refractivity contribution >= 4 is 43.8 Å². The Morgan fingerprint density at radius 3 is 1.82 bits per heavy atom. The van der Waals surface area contributed by atoms with E-state index in [4.69, 9.17) is 0 Å². The van der Waals surface area contributed by atoms with Gasteiger partial charge in [-0.3, -0.25) is 4.79 Å². The number of carbonyl (C=O) groups is 1. The largest absolute Gasteiger partial charge is 0.298 e. The molecule has 0 fully saturated rings. The number of hydrogen-bond acceptors (Lipinski definition) is 1. The van der Waals surface area contributed by atoms with Gasteiger partial charge in [0.15, 0.2) is 6.29 Å². The molecule has 82 valence electrons. The molecule has 3 aromatic rings. The number of carbonyl (C=O) groups excluding carboxylic acids is 1. The monoisotopic (exact) mass is 284 g/mol. The predicted molar refractivity (Wildman–Crippen MR) is 74.5 cm³/mol. The SMILES string of the molecule is O=Cc1c(Br)c2ccccc2c2ccccc12. The van der Waals surface area contributed by atoms with Gasteiger partial charge in [-0.15, -0.1) is 0 Å². The first-order valence-corrected chi connectivity index (χ1v) is 6.16. The van der Waals surface area contributed by atoms with E-state index in [1.807, 2.05) is 36.4 Å². The van der Waals surface area contributed by atoms with Gasteiger partial charge in [0, 0.05) is 10.0 Å². The summed E-state index contributed by atoms with van der Waals surface area (Å²) in [6, 6.07) is 16.1. The van der Waals surface area contributed by atoms with Crippen molar-refractivity contribution in [3.05, 3.63) is 58.6 Å². The first kappa shape index (κ1) is 10.5. The zero-order valence-corrected chi connectivity index (χ0v) is 10.6. The summed E-state index contributed by atoms with van der Waals surface area (Å²) in [5.74, 6) is 0. The number of aldehydes is 1. The molecule has 2 heteroatoms. The van der Waals surface area contributed by atoms with Crippen LogP contribution in [0.4, 0.5) is 0 Å². The van der Waals surface area contributed by atoms with E-state index in [9.17, 15) is 4.79 Å². The van der Waals surface area contributed by atoms with Crippen LogP contribution in [0, 0.1) is 0 Å². The second kappa shape index (κ2) is 3.97. The van der Waals surface area contributed by atoms with Crippen molar-refractivity contribution in [2.24, 2.45) is 0 Å². The smallest absolute Gasteiger partial charge is 0.151 e. The van der Waals surface area contributed by atoms with Crippen LogP contribution >= 0.6 is 15.9 Å².